The molecule has 2 N–H and O–H groups in total. The second kappa shape index (κ2) is 13.5. The fourth-order valence-electron chi connectivity index (χ4n) is 3.81. The van der Waals surface area contributed by atoms with Crippen molar-refractivity contribution in [3.8, 4) is 5.75 Å². The fraction of sp³-hybridized carbons (Fsp3) is 0.591. The van der Waals surface area contributed by atoms with Crippen LogP contribution in [-0.4, -0.2) is 60.8 Å². The third-order valence-electron chi connectivity index (χ3n) is 5.28. The molecule has 0 bridgehead atoms. The molecule has 1 fully saturated rings. The molecule has 0 aliphatic carbocycles. The minimum absolute atomic E-state index is 0. The van der Waals surface area contributed by atoms with Crippen molar-refractivity contribution in [2.45, 2.75) is 45.6 Å². The van der Waals surface area contributed by atoms with Crippen LogP contribution in [0.1, 0.15) is 49.5 Å². The molecule has 1 aromatic heterocycles. The quantitative estimate of drug-likeness (QED) is 0.206. The smallest absolute Gasteiger partial charge is 0.226 e. The van der Waals surface area contributed by atoms with Crippen LogP contribution in [0.15, 0.2) is 33.8 Å². The summed E-state index contributed by atoms with van der Waals surface area (Å²) in [5.74, 6) is 3.12. The lowest BCUT2D eigenvalue weighted by molar-refractivity contribution is 0.245. The molecule has 2 aromatic rings. The lowest BCUT2D eigenvalue weighted by atomic mass is 10.0. The van der Waals surface area contributed by atoms with Crippen LogP contribution in [0.4, 0.5) is 0 Å². The molecule has 0 saturated carbocycles. The van der Waals surface area contributed by atoms with Gasteiger partial charge >= 0.3 is 0 Å². The van der Waals surface area contributed by atoms with Crippen molar-refractivity contribution in [3.63, 3.8) is 0 Å². The Morgan fingerprint density at radius 2 is 2.03 bits per heavy atom. The zero-order valence-electron chi connectivity index (χ0n) is 18.8. The van der Waals surface area contributed by atoms with Crippen LogP contribution in [0.3, 0.4) is 0 Å². The summed E-state index contributed by atoms with van der Waals surface area (Å²) >= 11 is 0. The summed E-state index contributed by atoms with van der Waals surface area (Å²) in [6.45, 7) is 8.40. The first-order valence-electron chi connectivity index (χ1n) is 10.9. The normalized spacial score (nSPS) is 15.4. The van der Waals surface area contributed by atoms with Gasteiger partial charge in [-0.2, -0.15) is 4.98 Å². The van der Waals surface area contributed by atoms with Crippen molar-refractivity contribution in [1.29, 1.82) is 0 Å². The monoisotopic (exact) mass is 542 g/mol. The van der Waals surface area contributed by atoms with E-state index in [0.717, 1.165) is 50.7 Å². The van der Waals surface area contributed by atoms with Gasteiger partial charge in [-0.1, -0.05) is 23.4 Å². The number of aliphatic imine (C=N–C) groups is 1. The number of nitrogens with zero attached hydrogens (tertiary/aromatic N) is 4. The van der Waals surface area contributed by atoms with E-state index in [2.05, 4.69) is 44.7 Å². The van der Waals surface area contributed by atoms with Crippen molar-refractivity contribution < 1.29 is 9.26 Å². The Bertz CT molecular complexity index is 807. The topological polar surface area (TPSA) is 87.8 Å². The highest BCUT2D eigenvalue weighted by Gasteiger charge is 2.25. The van der Waals surface area contributed by atoms with E-state index in [4.69, 9.17) is 14.3 Å². The lowest BCUT2D eigenvalue weighted by Gasteiger charge is -2.28. The van der Waals surface area contributed by atoms with Gasteiger partial charge in [-0.25, -0.2) is 0 Å². The van der Waals surface area contributed by atoms with Gasteiger partial charge in [0.2, 0.25) is 5.89 Å². The highest BCUT2D eigenvalue weighted by molar-refractivity contribution is 14.0. The summed E-state index contributed by atoms with van der Waals surface area (Å²) < 4.78 is 10.8. The van der Waals surface area contributed by atoms with Crippen molar-refractivity contribution in [3.05, 3.63) is 41.5 Å². The third-order valence-corrected chi connectivity index (χ3v) is 5.28. The lowest BCUT2D eigenvalue weighted by Crippen LogP contribution is -2.39. The molecule has 31 heavy (non-hydrogen) atoms. The van der Waals surface area contributed by atoms with E-state index in [1.807, 2.05) is 19.1 Å². The molecular formula is C22H35IN6O2. The number of halogens is 1. The van der Waals surface area contributed by atoms with Crippen LogP contribution in [0.2, 0.25) is 0 Å². The molecule has 0 spiro atoms. The number of likely N-dealkylation sites (tertiary alicyclic amines) is 1. The largest absolute Gasteiger partial charge is 0.496 e. The van der Waals surface area contributed by atoms with Crippen LogP contribution in [-0.2, 0) is 6.42 Å². The van der Waals surface area contributed by atoms with Crippen molar-refractivity contribution in [2.75, 3.05) is 39.8 Å². The van der Waals surface area contributed by atoms with Gasteiger partial charge in [-0.3, -0.25) is 9.89 Å². The summed E-state index contributed by atoms with van der Waals surface area (Å²) in [7, 11) is 1.74. The van der Waals surface area contributed by atoms with Gasteiger partial charge in [0.25, 0.3) is 0 Å². The molecule has 1 unspecified atom stereocenters. The minimum Gasteiger partial charge on any atom is -0.496 e. The van der Waals surface area contributed by atoms with Crippen LogP contribution in [0, 0.1) is 6.92 Å². The van der Waals surface area contributed by atoms with E-state index in [-0.39, 0.29) is 30.0 Å². The number of aromatic nitrogens is 2. The Balaban J connectivity index is 0.00000341. The van der Waals surface area contributed by atoms with Crippen molar-refractivity contribution >= 4 is 29.9 Å². The minimum atomic E-state index is 0. The number of hydrogen-bond donors (Lipinski definition) is 2. The molecule has 0 amide bonds. The number of ether oxygens (including phenoxy) is 1. The number of rotatable bonds is 10. The van der Waals surface area contributed by atoms with Gasteiger partial charge in [-0.15, -0.1) is 24.0 Å². The standard InChI is InChI=1S/C22H34N6O2.HI/c1-4-23-22(24-13-9-12-21-26-17(2)27-30-21)25-16-19(28-14-7-8-15-28)18-10-5-6-11-20(18)29-3;/h5-6,10-11,19H,4,7-9,12-16H2,1-3H3,(H2,23,24,25);1H. The number of benzene rings is 1. The zero-order chi connectivity index (χ0) is 21.2. The molecule has 8 nitrogen and oxygen atoms in total. The maximum Gasteiger partial charge on any atom is 0.226 e. The highest BCUT2D eigenvalue weighted by Crippen LogP contribution is 2.31. The Hall–Kier alpha value is -1.88. The maximum atomic E-state index is 5.64. The number of guanidine groups is 1. The predicted octanol–water partition coefficient (Wildman–Crippen LogP) is 3.33. The summed E-state index contributed by atoms with van der Waals surface area (Å²) in [6.07, 6.45) is 4.13. The van der Waals surface area contributed by atoms with Crippen molar-refractivity contribution in [1.82, 2.24) is 25.7 Å². The molecule has 0 radical (unpaired) electrons. The van der Waals surface area contributed by atoms with Crippen LogP contribution in [0.25, 0.3) is 0 Å². The molecular weight excluding hydrogens is 507 g/mol. The van der Waals surface area contributed by atoms with Crippen LogP contribution in [0.5, 0.6) is 5.75 Å². The fourth-order valence-corrected chi connectivity index (χ4v) is 3.81. The number of nitrogens with one attached hydrogen (secondary N) is 2. The van der Waals surface area contributed by atoms with Gasteiger partial charge in [0, 0.05) is 25.1 Å². The Kier molecular flexibility index (Phi) is 11.1. The molecule has 2 heterocycles. The summed E-state index contributed by atoms with van der Waals surface area (Å²) in [5, 5.41) is 10.6. The first-order valence-corrected chi connectivity index (χ1v) is 10.9. The van der Waals surface area contributed by atoms with E-state index in [1.54, 1.807) is 7.11 Å². The van der Waals surface area contributed by atoms with Gasteiger partial charge in [0.1, 0.15) is 5.75 Å². The highest BCUT2D eigenvalue weighted by atomic mass is 127. The molecule has 1 aliphatic heterocycles. The van der Waals surface area contributed by atoms with Gasteiger partial charge in [0.15, 0.2) is 11.8 Å². The second-order valence-corrected chi connectivity index (χ2v) is 7.49. The molecule has 1 atom stereocenters. The molecule has 1 saturated heterocycles. The SMILES string of the molecule is CCNC(=NCC(c1ccccc1OC)N1CCCC1)NCCCc1nc(C)no1.I. The van der Waals surface area contributed by atoms with E-state index >= 15 is 0 Å². The molecule has 172 valence electrons. The average molecular weight is 542 g/mol. The Morgan fingerprint density at radius 1 is 1.26 bits per heavy atom. The van der Waals surface area contributed by atoms with Gasteiger partial charge in [0.05, 0.1) is 19.7 Å². The summed E-state index contributed by atoms with van der Waals surface area (Å²) in [4.78, 5) is 11.7. The predicted molar refractivity (Wildman–Crippen MR) is 133 cm³/mol. The zero-order valence-corrected chi connectivity index (χ0v) is 21.1. The molecule has 1 aromatic carbocycles. The number of aryl methyl sites for hydroxylation is 2. The Labute approximate surface area is 202 Å². The molecule has 1 aliphatic rings. The van der Waals surface area contributed by atoms with Gasteiger partial charge < -0.3 is 19.9 Å². The van der Waals surface area contributed by atoms with E-state index in [0.29, 0.717) is 18.3 Å². The van der Waals surface area contributed by atoms with Gasteiger partial charge in [-0.05, 0) is 52.3 Å². The molecule has 9 heteroatoms. The van der Waals surface area contributed by atoms with Crippen molar-refractivity contribution in [2.24, 2.45) is 4.99 Å². The number of hydrogen-bond acceptors (Lipinski definition) is 6. The number of methoxy groups -OCH3 is 1. The van der Waals surface area contributed by atoms with Crippen LogP contribution < -0.4 is 15.4 Å². The third kappa shape index (κ3) is 7.64. The molecule has 3 rings (SSSR count). The van der Waals surface area contributed by atoms with E-state index < -0.39 is 0 Å². The summed E-state index contributed by atoms with van der Waals surface area (Å²) in [5.41, 5.74) is 1.20. The average Bonchev–Trinajstić information content (AvgIpc) is 3.43. The van der Waals surface area contributed by atoms with E-state index in [9.17, 15) is 0 Å². The second-order valence-electron chi connectivity index (χ2n) is 7.49. The summed E-state index contributed by atoms with van der Waals surface area (Å²) in [6, 6.07) is 8.49. The first kappa shape index (κ1) is 25.4. The Morgan fingerprint density at radius 3 is 2.71 bits per heavy atom. The number of para-hydroxylation sites is 1. The van der Waals surface area contributed by atoms with E-state index in [1.165, 1.54) is 18.4 Å². The maximum absolute atomic E-state index is 5.64. The first-order chi connectivity index (χ1) is 14.7. The van der Waals surface area contributed by atoms with Crippen LogP contribution >= 0.6 is 24.0 Å².